The molecule has 124 valence electrons. The number of benzene rings is 1. The Morgan fingerprint density at radius 2 is 1.95 bits per heavy atom. The summed E-state index contributed by atoms with van der Waals surface area (Å²) in [5.41, 5.74) is 0.840. The van der Waals surface area contributed by atoms with Gasteiger partial charge in [-0.2, -0.15) is 8.78 Å². The second-order valence-corrected chi connectivity index (χ2v) is 5.31. The van der Waals surface area contributed by atoms with E-state index in [0.29, 0.717) is 6.54 Å². The fraction of sp³-hybridized carbons (Fsp3) is 0.533. The third-order valence-corrected chi connectivity index (χ3v) is 3.40. The van der Waals surface area contributed by atoms with E-state index >= 15 is 0 Å². The van der Waals surface area contributed by atoms with Gasteiger partial charge in [-0.25, -0.2) is 0 Å². The van der Waals surface area contributed by atoms with Crippen molar-refractivity contribution in [3.8, 4) is 5.75 Å². The Balaban J connectivity index is 0.00000242. The monoisotopic (exact) mass is 334 g/mol. The average molecular weight is 335 g/mol. The summed E-state index contributed by atoms with van der Waals surface area (Å²) < 4.78 is 28.4. The molecule has 1 atom stereocenters. The van der Waals surface area contributed by atoms with Crippen LogP contribution in [0.1, 0.15) is 31.4 Å². The Morgan fingerprint density at radius 3 is 2.50 bits per heavy atom. The minimum Gasteiger partial charge on any atom is -0.435 e. The smallest absolute Gasteiger partial charge is 0.387 e. The van der Waals surface area contributed by atoms with E-state index in [1.807, 2.05) is 6.92 Å². The summed E-state index contributed by atoms with van der Waals surface area (Å²) in [5, 5.41) is 5.98. The van der Waals surface area contributed by atoms with Crippen molar-refractivity contribution in [2.45, 2.75) is 32.4 Å². The SMILES string of the molecule is CC(NC(=O)CNCC1CC1)c1ccc(OC(F)F)cc1.Cl. The summed E-state index contributed by atoms with van der Waals surface area (Å²) in [6.45, 7) is 0.210. The van der Waals surface area contributed by atoms with Crippen LogP contribution in [-0.2, 0) is 4.79 Å². The summed E-state index contributed by atoms with van der Waals surface area (Å²) in [6.07, 6.45) is 2.50. The summed E-state index contributed by atoms with van der Waals surface area (Å²) in [5.74, 6) is 0.770. The van der Waals surface area contributed by atoms with Crippen LogP contribution in [0, 0.1) is 5.92 Å². The van der Waals surface area contributed by atoms with Crippen molar-refractivity contribution in [2.75, 3.05) is 13.1 Å². The number of halogens is 3. The molecule has 1 saturated carbocycles. The lowest BCUT2D eigenvalue weighted by Gasteiger charge is -2.15. The van der Waals surface area contributed by atoms with Gasteiger partial charge in [0.1, 0.15) is 5.75 Å². The van der Waals surface area contributed by atoms with Crippen molar-refractivity contribution >= 4 is 18.3 Å². The van der Waals surface area contributed by atoms with Gasteiger partial charge >= 0.3 is 6.61 Å². The molecule has 1 aliphatic carbocycles. The molecule has 22 heavy (non-hydrogen) atoms. The van der Waals surface area contributed by atoms with Gasteiger partial charge < -0.3 is 15.4 Å². The van der Waals surface area contributed by atoms with Crippen molar-refractivity contribution in [1.29, 1.82) is 0 Å². The van der Waals surface area contributed by atoms with Gasteiger partial charge in [-0.3, -0.25) is 4.79 Å². The van der Waals surface area contributed by atoms with Crippen LogP contribution in [0.2, 0.25) is 0 Å². The largest absolute Gasteiger partial charge is 0.435 e. The van der Waals surface area contributed by atoms with E-state index in [2.05, 4.69) is 15.4 Å². The van der Waals surface area contributed by atoms with Crippen LogP contribution in [0.3, 0.4) is 0 Å². The Hall–Kier alpha value is -1.40. The molecule has 1 unspecified atom stereocenters. The second-order valence-electron chi connectivity index (χ2n) is 5.31. The lowest BCUT2D eigenvalue weighted by molar-refractivity contribution is -0.120. The summed E-state index contributed by atoms with van der Waals surface area (Å²) >= 11 is 0. The van der Waals surface area contributed by atoms with E-state index in [9.17, 15) is 13.6 Å². The molecule has 0 spiro atoms. The normalized spacial score (nSPS) is 15.1. The predicted molar refractivity (Wildman–Crippen MR) is 82.5 cm³/mol. The van der Waals surface area contributed by atoms with Gasteiger partial charge in [-0.1, -0.05) is 12.1 Å². The van der Waals surface area contributed by atoms with Crippen LogP contribution in [0.15, 0.2) is 24.3 Å². The fourth-order valence-corrected chi connectivity index (χ4v) is 2.03. The maximum Gasteiger partial charge on any atom is 0.387 e. The third-order valence-electron chi connectivity index (χ3n) is 3.40. The molecule has 1 amide bonds. The fourth-order valence-electron chi connectivity index (χ4n) is 2.03. The highest BCUT2D eigenvalue weighted by molar-refractivity contribution is 5.85. The van der Waals surface area contributed by atoms with Gasteiger partial charge in [0, 0.05) is 0 Å². The number of hydrogen-bond acceptors (Lipinski definition) is 3. The molecular formula is C15H21ClF2N2O2. The van der Waals surface area contributed by atoms with E-state index in [0.717, 1.165) is 18.0 Å². The van der Waals surface area contributed by atoms with Gasteiger partial charge in [0.25, 0.3) is 0 Å². The molecule has 1 fully saturated rings. The van der Waals surface area contributed by atoms with Crippen LogP contribution in [0.4, 0.5) is 8.78 Å². The van der Waals surface area contributed by atoms with Crippen LogP contribution in [0.5, 0.6) is 5.75 Å². The second kappa shape index (κ2) is 8.90. The first kappa shape index (κ1) is 18.6. The molecule has 0 saturated heterocycles. The first-order valence-corrected chi connectivity index (χ1v) is 7.09. The number of carbonyl (C=O) groups is 1. The molecule has 0 aromatic heterocycles. The average Bonchev–Trinajstić information content (AvgIpc) is 3.23. The lowest BCUT2D eigenvalue weighted by atomic mass is 10.1. The van der Waals surface area contributed by atoms with Crippen molar-refractivity contribution < 1.29 is 18.3 Å². The van der Waals surface area contributed by atoms with Crippen LogP contribution in [-0.4, -0.2) is 25.6 Å². The van der Waals surface area contributed by atoms with Crippen LogP contribution in [0.25, 0.3) is 0 Å². The Morgan fingerprint density at radius 1 is 1.32 bits per heavy atom. The highest BCUT2D eigenvalue weighted by Gasteiger charge is 2.20. The Labute approximate surface area is 135 Å². The number of ether oxygens (including phenoxy) is 1. The number of rotatable bonds is 8. The summed E-state index contributed by atoms with van der Waals surface area (Å²) in [4.78, 5) is 11.7. The number of amides is 1. The number of hydrogen-bond donors (Lipinski definition) is 2. The number of carbonyl (C=O) groups excluding carboxylic acids is 1. The molecule has 1 aromatic rings. The minimum atomic E-state index is -2.83. The standard InChI is InChI=1S/C15H20F2N2O2.ClH/c1-10(19-14(20)9-18-8-11-2-3-11)12-4-6-13(7-5-12)21-15(16)17;/h4-7,10-11,15,18H,2-3,8-9H2,1H3,(H,19,20);1H. The van der Waals surface area contributed by atoms with Gasteiger partial charge in [-0.15, -0.1) is 12.4 Å². The summed E-state index contributed by atoms with van der Waals surface area (Å²) in [6, 6.07) is 6.09. The first-order chi connectivity index (χ1) is 10.0. The quantitative estimate of drug-likeness (QED) is 0.768. The number of nitrogens with one attached hydrogen (secondary N) is 2. The predicted octanol–water partition coefficient (Wildman–Crippen LogP) is 2.89. The van der Waals surface area contributed by atoms with E-state index in [1.165, 1.54) is 25.0 Å². The highest BCUT2D eigenvalue weighted by Crippen LogP contribution is 2.27. The highest BCUT2D eigenvalue weighted by atomic mass is 35.5. The van der Waals surface area contributed by atoms with Crippen molar-refractivity contribution in [3.63, 3.8) is 0 Å². The molecular weight excluding hydrogens is 314 g/mol. The van der Waals surface area contributed by atoms with E-state index in [-0.39, 0.29) is 30.1 Å². The molecule has 4 nitrogen and oxygen atoms in total. The van der Waals surface area contributed by atoms with Crippen LogP contribution >= 0.6 is 12.4 Å². The first-order valence-electron chi connectivity index (χ1n) is 7.09. The zero-order chi connectivity index (χ0) is 15.2. The molecule has 2 rings (SSSR count). The molecule has 1 aromatic carbocycles. The lowest BCUT2D eigenvalue weighted by Crippen LogP contribution is -2.36. The Bertz CT molecular complexity index is 467. The van der Waals surface area contributed by atoms with Gasteiger partial charge in [0.05, 0.1) is 12.6 Å². The van der Waals surface area contributed by atoms with Crippen molar-refractivity contribution in [1.82, 2.24) is 10.6 Å². The Kier molecular flexibility index (Phi) is 7.55. The molecule has 0 heterocycles. The zero-order valence-corrected chi connectivity index (χ0v) is 13.2. The third kappa shape index (κ3) is 6.58. The van der Waals surface area contributed by atoms with E-state index in [4.69, 9.17) is 0 Å². The van der Waals surface area contributed by atoms with E-state index < -0.39 is 6.61 Å². The zero-order valence-electron chi connectivity index (χ0n) is 12.4. The molecule has 0 radical (unpaired) electrons. The summed E-state index contributed by atoms with van der Waals surface area (Å²) in [7, 11) is 0. The van der Waals surface area contributed by atoms with Crippen molar-refractivity contribution in [2.24, 2.45) is 5.92 Å². The molecule has 0 aliphatic heterocycles. The number of alkyl halides is 2. The molecule has 7 heteroatoms. The molecule has 1 aliphatic rings. The van der Waals surface area contributed by atoms with Gasteiger partial charge in [-0.05, 0) is 49.9 Å². The maximum atomic E-state index is 12.0. The van der Waals surface area contributed by atoms with E-state index in [1.54, 1.807) is 12.1 Å². The minimum absolute atomic E-state index is 0. The molecule has 2 N–H and O–H groups in total. The van der Waals surface area contributed by atoms with Crippen LogP contribution < -0.4 is 15.4 Å². The van der Waals surface area contributed by atoms with Gasteiger partial charge in [0.2, 0.25) is 5.91 Å². The molecule has 0 bridgehead atoms. The van der Waals surface area contributed by atoms with Crippen molar-refractivity contribution in [3.05, 3.63) is 29.8 Å². The topological polar surface area (TPSA) is 50.4 Å². The van der Waals surface area contributed by atoms with Gasteiger partial charge in [0.15, 0.2) is 0 Å². The maximum absolute atomic E-state index is 12.0.